The van der Waals surface area contributed by atoms with Gasteiger partial charge in [0.2, 0.25) is 0 Å². The van der Waals surface area contributed by atoms with Crippen LogP contribution in [0.1, 0.15) is 42.5 Å². The number of rotatable bonds is 5. The average Bonchev–Trinajstić information content (AvgIpc) is 2.60. The number of aryl methyl sites for hydroxylation is 2. The molecule has 2 aromatic carbocycles. The van der Waals surface area contributed by atoms with E-state index in [1.165, 1.54) is 28.7 Å². The smallest absolute Gasteiger partial charge is 0.0109 e. The number of allylic oxidation sites excluding steroid dienone is 2. The first-order valence-electron chi connectivity index (χ1n) is 8.34. The molecule has 0 unspecified atom stereocenters. The van der Waals surface area contributed by atoms with Crippen LogP contribution in [0, 0.1) is 11.8 Å². The van der Waals surface area contributed by atoms with Crippen molar-refractivity contribution in [3.63, 3.8) is 0 Å². The highest BCUT2D eigenvalue weighted by molar-refractivity contribution is 5.56. The van der Waals surface area contributed by atoms with Crippen LogP contribution in [0.5, 0.6) is 0 Å². The second-order valence-electron chi connectivity index (χ2n) is 5.54. The van der Waals surface area contributed by atoms with Crippen LogP contribution in [0.4, 0.5) is 0 Å². The van der Waals surface area contributed by atoms with Crippen LogP contribution in [0.2, 0.25) is 0 Å². The highest BCUT2D eigenvalue weighted by Crippen LogP contribution is 2.08. The Kier molecular flexibility index (Phi) is 6.95. The Morgan fingerprint density at radius 3 is 1.61 bits per heavy atom. The molecule has 0 aliphatic carbocycles. The highest BCUT2D eigenvalue weighted by Gasteiger charge is 1.90. The Labute approximate surface area is 140 Å². The maximum atomic E-state index is 3.05. The fourth-order valence-corrected chi connectivity index (χ4v) is 2.32. The molecule has 0 aromatic heterocycles. The lowest BCUT2D eigenvalue weighted by molar-refractivity contribution is 0.922. The first kappa shape index (κ1) is 16.8. The van der Waals surface area contributed by atoms with Crippen LogP contribution in [-0.4, -0.2) is 0 Å². The largest absolute Gasteiger partial charge is 0.0702 e. The van der Waals surface area contributed by atoms with Crippen LogP contribution >= 0.6 is 0 Å². The Morgan fingerprint density at radius 2 is 1.17 bits per heavy atom. The average molecular weight is 300 g/mol. The predicted octanol–water partition coefficient (Wildman–Crippen LogP) is 5.93. The third-order valence-corrected chi connectivity index (χ3v) is 3.71. The predicted molar refractivity (Wildman–Crippen MR) is 102 cm³/mol. The van der Waals surface area contributed by atoms with Crippen LogP contribution in [0.15, 0.2) is 60.7 Å². The van der Waals surface area contributed by atoms with Gasteiger partial charge in [0.05, 0.1) is 0 Å². The second-order valence-corrected chi connectivity index (χ2v) is 5.54. The van der Waals surface area contributed by atoms with Crippen molar-refractivity contribution in [2.75, 3.05) is 0 Å². The first-order chi connectivity index (χ1) is 11.3. The summed E-state index contributed by atoms with van der Waals surface area (Å²) in [6.07, 6.45) is 11.3. The summed E-state index contributed by atoms with van der Waals surface area (Å²) in [7, 11) is 0. The van der Waals surface area contributed by atoms with E-state index in [2.05, 4.69) is 74.2 Å². The summed E-state index contributed by atoms with van der Waals surface area (Å²) in [6.45, 7) is 4.37. The number of hydrogen-bond acceptors (Lipinski definition) is 0. The molecular weight excluding hydrogens is 276 g/mol. The van der Waals surface area contributed by atoms with Crippen molar-refractivity contribution in [3.05, 3.63) is 82.9 Å². The Balaban J connectivity index is 1.87. The van der Waals surface area contributed by atoms with E-state index in [1.54, 1.807) is 0 Å². The molecule has 0 heterocycles. The van der Waals surface area contributed by atoms with E-state index in [0.717, 1.165) is 12.8 Å². The highest BCUT2D eigenvalue weighted by atomic mass is 14.0. The zero-order chi connectivity index (χ0) is 16.3. The SMILES string of the molecule is CCCc1ccc(/C=C/C#C/C=C/c2ccc(CC)cc2)cc1. The van der Waals surface area contributed by atoms with Crippen molar-refractivity contribution < 1.29 is 0 Å². The summed E-state index contributed by atoms with van der Waals surface area (Å²) < 4.78 is 0. The van der Waals surface area contributed by atoms with Gasteiger partial charge in [0, 0.05) is 0 Å². The molecule has 23 heavy (non-hydrogen) atoms. The molecule has 0 nitrogen and oxygen atoms in total. The summed E-state index contributed by atoms with van der Waals surface area (Å²) >= 11 is 0. The molecule has 116 valence electrons. The fourth-order valence-electron chi connectivity index (χ4n) is 2.32. The Hall–Kier alpha value is -2.52. The second kappa shape index (κ2) is 9.49. The zero-order valence-corrected chi connectivity index (χ0v) is 14.0. The quantitative estimate of drug-likeness (QED) is 0.600. The minimum Gasteiger partial charge on any atom is -0.0702 e. The van der Waals surface area contributed by atoms with Gasteiger partial charge in [0.15, 0.2) is 0 Å². The van der Waals surface area contributed by atoms with Crippen LogP contribution < -0.4 is 0 Å². The van der Waals surface area contributed by atoms with Crippen LogP contribution in [-0.2, 0) is 12.8 Å². The third kappa shape index (κ3) is 6.01. The molecule has 0 aliphatic heterocycles. The van der Waals surface area contributed by atoms with E-state index in [-0.39, 0.29) is 0 Å². The maximum Gasteiger partial charge on any atom is -0.0109 e. The lowest BCUT2D eigenvalue weighted by Gasteiger charge is -1.98. The van der Waals surface area contributed by atoms with Crippen molar-refractivity contribution in [1.82, 2.24) is 0 Å². The standard InChI is InChI=1S/C23H24/c1-3-9-21-16-18-23(19-17-21)11-8-6-5-7-10-22-14-12-20(4-2)13-15-22/h7-8,10-19H,3-4,9H2,1-2H3/b10-7+,11-8+. The van der Waals surface area contributed by atoms with Crippen LogP contribution in [0.3, 0.4) is 0 Å². The maximum absolute atomic E-state index is 3.05. The molecule has 0 saturated heterocycles. The van der Waals surface area contributed by atoms with E-state index < -0.39 is 0 Å². The molecule has 0 heteroatoms. The molecule has 0 saturated carbocycles. The molecule has 0 atom stereocenters. The van der Waals surface area contributed by atoms with Gasteiger partial charge in [-0.2, -0.15) is 0 Å². The molecule has 2 aromatic rings. The minimum atomic E-state index is 1.08. The fraction of sp³-hybridized carbons (Fsp3) is 0.217. The minimum absolute atomic E-state index is 1.08. The van der Waals surface area contributed by atoms with Crippen molar-refractivity contribution >= 4 is 12.2 Å². The lowest BCUT2D eigenvalue weighted by atomic mass is 10.1. The van der Waals surface area contributed by atoms with Crippen molar-refractivity contribution in [3.8, 4) is 11.8 Å². The van der Waals surface area contributed by atoms with Crippen molar-refractivity contribution in [2.24, 2.45) is 0 Å². The van der Waals surface area contributed by atoms with E-state index >= 15 is 0 Å². The molecule has 0 bridgehead atoms. The normalized spacial score (nSPS) is 10.9. The molecule has 0 amide bonds. The molecule has 0 N–H and O–H groups in total. The molecule has 0 aliphatic rings. The van der Waals surface area contributed by atoms with Gasteiger partial charge in [0.1, 0.15) is 0 Å². The van der Waals surface area contributed by atoms with Crippen molar-refractivity contribution in [1.29, 1.82) is 0 Å². The summed E-state index contributed by atoms with van der Waals surface area (Å²) in [5, 5.41) is 0. The van der Waals surface area contributed by atoms with Gasteiger partial charge >= 0.3 is 0 Å². The number of hydrogen-bond donors (Lipinski definition) is 0. The third-order valence-electron chi connectivity index (χ3n) is 3.71. The summed E-state index contributed by atoms with van der Waals surface area (Å²) in [4.78, 5) is 0. The van der Waals surface area contributed by atoms with Gasteiger partial charge in [-0.15, -0.1) is 0 Å². The van der Waals surface area contributed by atoms with Gasteiger partial charge in [-0.25, -0.2) is 0 Å². The topological polar surface area (TPSA) is 0 Å². The molecule has 0 fully saturated rings. The molecule has 2 rings (SSSR count). The molecule has 0 radical (unpaired) electrons. The monoisotopic (exact) mass is 300 g/mol. The summed E-state index contributed by atoms with van der Waals surface area (Å²) in [6, 6.07) is 17.3. The van der Waals surface area contributed by atoms with E-state index in [1.807, 2.05) is 24.3 Å². The zero-order valence-electron chi connectivity index (χ0n) is 14.0. The van der Waals surface area contributed by atoms with Crippen molar-refractivity contribution in [2.45, 2.75) is 33.1 Å². The van der Waals surface area contributed by atoms with E-state index in [9.17, 15) is 0 Å². The molecule has 0 spiro atoms. The lowest BCUT2D eigenvalue weighted by Crippen LogP contribution is -1.81. The van der Waals surface area contributed by atoms with Gasteiger partial charge < -0.3 is 0 Å². The first-order valence-corrected chi connectivity index (χ1v) is 8.34. The van der Waals surface area contributed by atoms with E-state index in [0.29, 0.717) is 0 Å². The summed E-state index contributed by atoms with van der Waals surface area (Å²) in [5.74, 6) is 6.10. The Bertz CT molecular complexity index is 701. The summed E-state index contributed by atoms with van der Waals surface area (Å²) in [5.41, 5.74) is 5.14. The molecular formula is C23H24. The van der Waals surface area contributed by atoms with Gasteiger partial charge in [0.25, 0.3) is 0 Å². The van der Waals surface area contributed by atoms with Gasteiger partial charge in [-0.3, -0.25) is 0 Å². The van der Waals surface area contributed by atoms with Gasteiger partial charge in [-0.05, 0) is 59.4 Å². The number of benzene rings is 2. The van der Waals surface area contributed by atoms with Crippen LogP contribution in [0.25, 0.3) is 12.2 Å². The van der Waals surface area contributed by atoms with Gasteiger partial charge in [-0.1, -0.05) is 80.6 Å². The van der Waals surface area contributed by atoms with E-state index in [4.69, 9.17) is 0 Å². The Morgan fingerprint density at radius 1 is 0.696 bits per heavy atom.